The number of ether oxygens (including phenoxy) is 5. The van der Waals surface area contributed by atoms with E-state index in [9.17, 15) is 34.2 Å². The van der Waals surface area contributed by atoms with E-state index in [0.717, 1.165) is 22.3 Å². The molecule has 0 aliphatic carbocycles. The predicted octanol–water partition coefficient (Wildman–Crippen LogP) is 2.22. The van der Waals surface area contributed by atoms with Gasteiger partial charge in [0.05, 0.1) is 31.9 Å². The summed E-state index contributed by atoms with van der Waals surface area (Å²) in [6.45, 7) is 6.81. The smallest absolute Gasteiger partial charge is 0.409 e. The molecule has 4 aliphatic heterocycles. The zero-order valence-corrected chi connectivity index (χ0v) is 31.2. The molecule has 5 rings (SSSR count). The third-order valence-corrected chi connectivity index (χ3v) is 10.9. The van der Waals surface area contributed by atoms with Gasteiger partial charge in [-0.25, -0.2) is 9.59 Å². The Labute approximate surface area is 306 Å². The van der Waals surface area contributed by atoms with Crippen LogP contribution in [0.15, 0.2) is 35.9 Å². The van der Waals surface area contributed by atoms with E-state index in [1.807, 2.05) is 6.92 Å². The summed E-state index contributed by atoms with van der Waals surface area (Å²) in [4.78, 5) is 70.2. The number of ketones is 1. The first-order chi connectivity index (χ1) is 24.3. The van der Waals surface area contributed by atoms with Crippen molar-refractivity contribution in [3.05, 3.63) is 46.5 Å². The van der Waals surface area contributed by atoms with Crippen LogP contribution in [0.3, 0.4) is 0 Å². The van der Waals surface area contributed by atoms with Gasteiger partial charge in [0.2, 0.25) is 11.5 Å². The number of hydrogen-bond acceptors (Lipinski definition) is 12. The summed E-state index contributed by atoms with van der Waals surface area (Å²) in [5.41, 5.74) is -4.34. The third kappa shape index (κ3) is 7.29. The number of Topliss-reactive ketones (excluding diaryl/α,β-unsaturated/α-hetero) is 1. The van der Waals surface area contributed by atoms with Crippen LogP contribution in [0.2, 0.25) is 5.02 Å². The Morgan fingerprint density at radius 1 is 1.06 bits per heavy atom. The molecule has 3 fully saturated rings. The van der Waals surface area contributed by atoms with Gasteiger partial charge in [0.15, 0.2) is 11.5 Å². The van der Waals surface area contributed by atoms with E-state index in [2.05, 4.69) is 5.32 Å². The quantitative estimate of drug-likeness (QED) is 0.227. The van der Waals surface area contributed by atoms with Gasteiger partial charge in [-0.05, 0) is 51.8 Å². The lowest BCUT2D eigenvalue weighted by atomic mass is 9.83. The minimum absolute atomic E-state index is 0.0182. The molecule has 0 radical (unpaired) electrons. The first kappa shape index (κ1) is 39.2. The average Bonchev–Trinajstić information content (AvgIpc) is 3.78. The Morgan fingerprint density at radius 2 is 1.75 bits per heavy atom. The van der Waals surface area contributed by atoms with Crippen molar-refractivity contribution in [2.45, 2.75) is 101 Å². The number of alkyl carbamates (subject to hydrolysis) is 1. The van der Waals surface area contributed by atoms with Crippen molar-refractivity contribution < 1.29 is 57.9 Å². The van der Waals surface area contributed by atoms with Crippen molar-refractivity contribution in [1.82, 2.24) is 10.2 Å². The van der Waals surface area contributed by atoms with Crippen LogP contribution in [0.1, 0.15) is 53.0 Å². The minimum atomic E-state index is -2.63. The van der Waals surface area contributed by atoms with Gasteiger partial charge in [-0.15, -0.1) is 0 Å². The van der Waals surface area contributed by atoms with Crippen LogP contribution in [0.4, 0.5) is 10.5 Å². The number of allylic oxidation sites excluding steroid dienone is 3. The number of anilines is 1. The zero-order valence-electron chi connectivity index (χ0n) is 30.4. The van der Waals surface area contributed by atoms with Gasteiger partial charge in [-0.2, -0.15) is 0 Å². The second-order valence-corrected chi connectivity index (χ2v) is 14.7. The highest BCUT2D eigenvalue weighted by atomic mass is 35.5. The maximum Gasteiger partial charge on any atom is 0.409 e. The number of carbonyl (C=O) groups is 5. The van der Waals surface area contributed by atoms with Crippen LogP contribution in [-0.2, 0) is 44.5 Å². The maximum absolute atomic E-state index is 14.5. The Morgan fingerprint density at radius 3 is 2.40 bits per heavy atom. The molecule has 16 heteroatoms. The monoisotopic (exact) mass is 747 g/mol. The molecule has 0 aromatic heterocycles. The number of nitrogens with zero attached hydrogens (tertiary/aromatic N) is 2. The predicted molar refractivity (Wildman–Crippen MR) is 186 cm³/mol. The lowest BCUT2D eigenvalue weighted by Gasteiger charge is -2.42. The number of likely N-dealkylation sites (N-methyl/N-ethyl adjacent to an activating group) is 1. The summed E-state index contributed by atoms with van der Waals surface area (Å²) < 4.78 is 28.9. The molecule has 4 heterocycles. The fourth-order valence-corrected chi connectivity index (χ4v) is 7.33. The lowest BCUT2D eigenvalue weighted by molar-refractivity contribution is -0.169. The molecule has 3 amide bonds. The normalized spacial score (nSPS) is 37.8. The fourth-order valence-electron chi connectivity index (χ4n) is 7.04. The fraction of sp³-hybridized carbons (Fsp3) is 0.583. The van der Waals surface area contributed by atoms with Crippen LogP contribution in [0.5, 0.6) is 5.75 Å². The molecule has 0 saturated carbocycles. The summed E-state index contributed by atoms with van der Waals surface area (Å²) in [5, 5.41) is 25.4. The van der Waals surface area contributed by atoms with Gasteiger partial charge in [0.1, 0.15) is 40.7 Å². The number of nitrogens with one attached hydrogen (secondary N) is 1. The van der Waals surface area contributed by atoms with E-state index < -0.39 is 95.9 Å². The molecular weight excluding hydrogens is 702 g/mol. The molecule has 3 N–H and O–H groups in total. The number of halogens is 1. The standard InChI is InChI=1S/C36H46ClN3O12/c1-18-10-9-11-26(49-8)36(47)16-24(50-33(45)38-36)19(2)30-35(5,52-30)27-15-28(42)40(22-13-21(12-18)14-23(48-7)29(22)37)17-25(41)34(4,46)32(44)39(6)20(3)31(43)51-27/h9-11,13-14,19-20,24,26-27,30,46-47H,12,15-17H2,1-8H3,(H,38,45)/b11-9-,18-10+/t19-,20+,24+,26?,27+,30+,34?,35+,36+/m1/s1. The maximum atomic E-state index is 14.5. The molecule has 1 aromatic rings. The molecule has 2 unspecified atom stereocenters. The molecule has 9 atom stereocenters. The Balaban J connectivity index is 1.70. The summed E-state index contributed by atoms with van der Waals surface area (Å²) >= 11 is 6.81. The van der Waals surface area contributed by atoms with Gasteiger partial charge in [-0.1, -0.05) is 42.3 Å². The number of carbonyl (C=O) groups excluding carboxylic acids is 5. The van der Waals surface area contributed by atoms with Crippen LogP contribution < -0.4 is 15.0 Å². The number of hydrogen-bond donors (Lipinski definition) is 3. The first-order valence-corrected chi connectivity index (χ1v) is 17.3. The highest BCUT2D eigenvalue weighted by Crippen LogP contribution is 2.49. The van der Waals surface area contributed by atoms with Gasteiger partial charge in [0.25, 0.3) is 5.91 Å². The molecule has 4 aliphatic rings. The summed E-state index contributed by atoms with van der Waals surface area (Å²) in [6, 6.07) is 1.99. The molecule has 0 spiro atoms. The number of fused-ring (bicyclic) bond motifs is 10. The molecule has 284 valence electrons. The third-order valence-electron chi connectivity index (χ3n) is 10.6. The van der Waals surface area contributed by atoms with Crippen LogP contribution in [0, 0.1) is 5.92 Å². The van der Waals surface area contributed by atoms with Crippen molar-refractivity contribution in [1.29, 1.82) is 0 Å². The summed E-state index contributed by atoms with van der Waals surface area (Å²) in [6.07, 6.45) is -0.0658. The molecule has 1 aromatic carbocycles. The van der Waals surface area contributed by atoms with Crippen molar-refractivity contribution in [2.24, 2.45) is 5.92 Å². The highest BCUT2D eigenvalue weighted by Gasteiger charge is 2.65. The molecule has 52 heavy (non-hydrogen) atoms. The molecular formula is C36H46ClN3O12. The second kappa shape index (κ2) is 14.4. The molecule has 3 saturated heterocycles. The Kier molecular flexibility index (Phi) is 10.9. The van der Waals surface area contributed by atoms with Crippen molar-refractivity contribution in [3.63, 3.8) is 0 Å². The molecule has 6 bridgehead atoms. The topological polar surface area (TPSA) is 194 Å². The first-order valence-electron chi connectivity index (χ1n) is 16.9. The van der Waals surface area contributed by atoms with E-state index >= 15 is 0 Å². The minimum Gasteiger partial charge on any atom is -0.495 e. The largest absolute Gasteiger partial charge is 0.495 e. The number of epoxide rings is 1. The molecule has 15 nitrogen and oxygen atoms in total. The van der Waals surface area contributed by atoms with E-state index in [-0.39, 0.29) is 22.9 Å². The van der Waals surface area contributed by atoms with Crippen molar-refractivity contribution >= 4 is 46.9 Å². The van der Waals surface area contributed by atoms with Crippen molar-refractivity contribution in [2.75, 3.05) is 32.7 Å². The van der Waals surface area contributed by atoms with Gasteiger partial charge in [-0.3, -0.25) is 19.7 Å². The van der Waals surface area contributed by atoms with E-state index in [4.69, 9.17) is 35.3 Å². The van der Waals surface area contributed by atoms with Gasteiger partial charge < -0.3 is 43.7 Å². The second-order valence-electron chi connectivity index (χ2n) is 14.3. The number of benzene rings is 1. The van der Waals surface area contributed by atoms with E-state index in [1.165, 1.54) is 28.2 Å². The van der Waals surface area contributed by atoms with Gasteiger partial charge >= 0.3 is 12.1 Å². The number of rotatable bonds is 2. The Hall–Kier alpha value is -4.02. The average molecular weight is 748 g/mol. The Bertz CT molecular complexity index is 1710. The van der Waals surface area contributed by atoms with Gasteiger partial charge in [0, 0.05) is 26.5 Å². The SMILES string of the molecule is COc1cc2cc(c1Cl)N1CC(=O)C(C)(O)C(=O)N(C)[C@@H](C)C(=O)O[C@@H](CC1=O)[C@]1(C)O[C@H]1[C@H](C)[C@@H]1C[C@@](O)(NC(=O)O1)C(OC)/C=C\C=C(/C)C2. The summed E-state index contributed by atoms with van der Waals surface area (Å²) in [7, 11) is 4.04. The van der Waals surface area contributed by atoms with Crippen LogP contribution >= 0.6 is 11.6 Å². The number of esters is 1. The summed E-state index contributed by atoms with van der Waals surface area (Å²) in [5.74, 6) is -4.19. The lowest BCUT2D eigenvalue weighted by Crippen LogP contribution is -2.63. The van der Waals surface area contributed by atoms with Crippen LogP contribution in [0.25, 0.3) is 0 Å². The number of amides is 3. The van der Waals surface area contributed by atoms with E-state index in [0.29, 0.717) is 12.0 Å². The van der Waals surface area contributed by atoms with Crippen molar-refractivity contribution in [3.8, 4) is 5.75 Å². The van der Waals surface area contributed by atoms with Crippen LogP contribution in [-0.4, -0.2) is 120 Å². The van der Waals surface area contributed by atoms with E-state index in [1.54, 1.807) is 44.2 Å². The highest BCUT2D eigenvalue weighted by molar-refractivity contribution is 6.35. The number of aliphatic hydroxyl groups is 2. The zero-order chi connectivity index (χ0) is 38.5. The number of methoxy groups -OCH3 is 2.